The number of halogens is 1. The van der Waals surface area contributed by atoms with E-state index in [2.05, 4.69) is 18.7 Å². The van der Waals surface area contributed by atoms with Gasteiger partial charge in [0.1, 0.15) is 11.9 Å². The molecule has 3 aliphatic rings. The van der Waals surface area contributed by atoms with Gasteiger partial charge in [0.15, 0.2) is 0 Å². The van der Waals surface area contributed by atoms with Crippen LogP contribution < -0.4 is 0 Å². The first kappa shape index (κ1) is 30.3. The Morgan fingerprint density at radius 1 is 1.03 bits per heavy atom. The summed E-state index contributed by atoms with van der Waals surface area (Å²) in [5.74, 6) is 1.38. The molecule has 0 aliphatic heterocycles. The maximum atomic E-state index is 15.9. The normalized spacial score (nSPS) is 31.4. The molecule has 1 aromatic carbocycles. The molecule has 0 spiro atoms. The second-order valence-corrected chi connectivity index (χ2v) is 13.2. The van der Waals surface area contributed by atoms with E-state index < -0.39 is 12.3 Å². The van der Waals surface area contributed by atoms with Crippen LogP contribution in [0.4, 0.5) is 4.39 Å². The Bertz CT molecular complexity index is 937. The Morgan fingerprint density at radius 2 is 1.72 bits per heavy atom. The summed E-state index contributed by atoms with van der Waals surface area (Å²) in [7, 11) is 0. The number of aliphatic hydroxyl groups is 1. The van der Waals surface area contributed by atoms with Gasteiger partial charge in [-0.15, -0.1) is 0 Å². The van der Waals surface area contributed by atoms with E-state index in [1.165, 1.54) is 32.1 Å². The first-order chi connectivity index (χ1) is 18.8. The molecule has 0 saturated heterocycles. The fourth-order valence-corrected chi connectivity index (χ4v) is 8.59. The molecule has 5 heteroatoms. The number of amides is 1. The molecule has 220 valence electrons. The average molecular weight is 544 g/mol. The van der Waals surface area contributed by atoms with E-state index in [1.54, 1.807) is 6.07 Å². The van der Waals surface area contributed by atoms with E-state index in [4.69, 9.17) is 0 Å². The van der Waals surface area contributed by atoms with Crippen molar-refractivity contribution in [2.24, 2.45) is 23.2 Å². The molecule has 4 rings (SSSR count). The molecule has 1 amide bonds. The first-order valence-electron chi connectivity index (χ1n) is 16.2. The van der Waals surface area contributed by atoms with Crippen LogP contribution >= 0.6 is 0 Å². The molecule has 3 aliphatic carbocycles. The lowest BCUT2D eigenvalue weighted by Gasteiger charge is -2.54. The monoisotopic (exact) mass is 543 g/mol. The van der Waals surface area contributed by atoms with Crippen LogP contribution in [0.25, 0.3) is 0 Å². The van der Waals surface area contributed by atoms with E-state index >= 15 is 4.39 Å². The van der Waals surface area contributed by atoms with Crippen LogP contribution in [0.5, 0.6) is 5.75 Å². The van der Waals surface area contributed by atoms with Gasteiger partial charge in [-0.25, -0.2) is 4.39 Å². The van der Waals surface area contributed by atoms with Gasteiger partial charge in [0.05, 0.1) is 6.10 Å². The van der Waals surface area contributed by atoms with E-state index in [-0.39, 0.29) is 28.9 Å². The van der Waals surface area contributed by atoms with Crippen LogP contribution in [0.3, 0.4) is 0 Å². The van der Waals surface area contributed by atoms with Crippen LogP contribution in [0.15, 0.2) is 18.2 Å². The van der Waals surface area contributed by atoms with Crippen LogP contribution in [-0.2, 0) is 11.2 Å². The number of aromatic hydroxyl groups is 1. The summed E-state index contributed by atoms with van der Waals surface area (Å²) < 4.78 is 15.9. The number of hydrogen-bond donors (Lipinski definition) is 2. The number of phenols is 1. The molecule has 6 unspecified atom stereocenters. The Balaban J connectivity index is 1.35. The number of phenolic OH excluding ortho intramolecular Hbond substituents is 1. The Morgan fingerprint density at radius 3 is 2.44 bits per heavy atom. The van der Waals surface area contributed by atoms with Gasteiger partial charge in [-0.1, -0.05) is 71.8 Å². The zero-order chi connectivity index (χ0) is 28.0. The quantitative estimate of drug-likeness (QED) is 0.234. The highest BCUT2D eigenvalue weighted by Crippen LogP contribution is 2.63. The molecule has 1 aromatic rings. The molecule has 0 heterocycles. The summed E-state index contributed by atoms with van der Waals surface area (Å²) in [5, 5.41) is 21.0. The Labute approximate surface area is 236 Å². The maximum absolute atomic E-state index is 15.9. The third-order valence-corrected chi connectivity index (χ3v) is 10.7. The van der Waals surface area contributed by atoms with E-state index in [9.17, 15) is 15.0 Å². The second kappa shape index (κ2) is 13.8. The molecule has 2 N–H and O–H groups in total. The molecular formula is C34H54FNO3. The number of carbonyl (C=O) groups excluding carboxylic acids is 1. The standard InChI is InChI=1S/C34H54FNO3/c1-4-6-7-8-9-12-19-36(31(39)5-2)20-13-10-11-14-24-21-25-22-26(37)15-16-27(25)33-29(35)23-34(3)28(32(24)33)17-18-30(34)38/h15-16,22,24,28-30,32-33,37-38H,4-14,17-21,23H2,1-3H3/t24?,28?,29?,30?,32?,33?,34-/m0/s1. The fraction of sp³-hybridized carbons (Fsp3) is 0.794. The van der Waals surface area contributed by atoms with Gasteiger partial charge in [-0.2, -0.15) is 0 Å². The minimum Gasteiger partial charge on any atom is -0.508 e. The highest BCUT2D eigenvalue weighted by Gasteiger charge is 2.59. The van der Waals surface area contributed by atoms with Crippen LogP contribution in [0.1, 0.15) is 128 Å². The minimum absolute atomic E-state index is 0.127. The molecule has 0 bridgehead atoms. The van der Waals surface area contributed by atoms with Crippen molar-refractivity contribution in [2.75, 3.05) is 13.1 Å². The number of fused-ring (bicyclic) bond motifs is 5. The van der Waals surface area contributed by atoms with Crippen molar-refractivity contribution in [3.63, 3.8) is 0 Å². The van der Waals surface area contributed by atoms with Gasteiger partial charge in [-0.3, -0.25) is 4.79 Å². The van der Waals surface area contributed by atoms with Gasteiger partial charge in [0, 0.05) is 25.4 Å². The zero-order valence-electron chi connectivity index (χ0n) is 24.8. The van der Waals surface area contributed by atoms with E-state index in [0.717, 1.165) is 75.6 Å². The predicted molar refractivity (Wildman–Crippen MR) is 157 cm³/mol. The second-order valence-electron chi connectivity index (χ2n) is 13.2. The highest BCUT2D eigenvalue weighted by molar-refractivity contribution is 5.75. The van der Waals surface area contributed by atoms with Crippen molar-refractivity contribution >= 4 is 5.91 Å². The lowest BCUT2D eigenvalue weighted by molar-refractivity contribution is -0.131. The lowest BCUT2D eigenvalue weighted by atomic mass is 9.51. The molecular weight excluding hydrogens is 489 g/mol. The SMILES string of the molecule is CCCCCCCCN(CCCCCC1Cc2cc(O)ccc2C2C(F)C[C@]3(C)C(O)CCC3C12)C(=O)CC. The third kappa shape index (κ3) is 6.82. The number of alkyl halides is 1. The van der Waals surface area contributed by atoms with Crippen LogP contribution in [0.2, 0.25) is 0 Å². The topological polar surface area (TPSA) is 60.8 Å². The molecule has 0 aromatic heterocycles. The number of aliphatic hydroxyl groups excluding tert-OH is 1. The molecule has 2 saturated carbocycles. The smallest absolute Gasteiger partial charge is 0.222 e. The molecule has 7 atom stereocenters. The number of carbonyl (C=O) groups is 1. The average Bonchev–Trinajstić information content (AvgIpc) is 3.21. The van der Waals surface area contributed by atoms with Crippen LogP contribution in [-0.4, -0.2) is 46.4 Å². The fourth-order valence-electron chi connectivity index (χ4n) is 8.59. The summed E-state index contributed by atoms with van der Waals surface area (Å²) in [5.41, 5.74) is 1.88. The van der Waals surface area contributed by atoms with Crippen molar-refractivity contribution in [1.82, 2.24) is 4.90 Å². The first-order valence-corrected chi connectivity index (χ1v) is 16.2. The summed E-state index contributed by atoms with van der Waals surface area (Å²) in [6.07, 6.45) is 14.0. The van der Waals surface area contributed by atoms with Crippen LogP contribution in [0, 0.1) is 23.2 Å². The van der Waals surface area contributed by atoms with E-state index in [1.807, 2.05) is 19.1 Å². The predicted octanol–water partition coefficient (Wildman–Crippen LogP) is 7.94. The number of unbranched alkanes of at least 4 members (excludes halogenated alkanes) is 7. The molecule has 39 heavy (non-hydrogen) atoms. The van der Waals surface area contributed by atoms with Gasteiger partial charge in [0.2, 0.25) is 5.91 Å². The van der Waals surface area contributed by atoms with Crippen molar-refractivity contribution in [3.8, 4) is 5.75 Å². The largest absolute Gasteiger partial charge is 0.508 e. The number of hydrogen-bond acceptors (Lipinski definition) is 3. The lowest BCUT2D eigenvalue weighted by Crippen LogP contribution is -2.51. The Hall–Kier alpha value is -1.62. The van der Waals surface area contributed by atoms with Crippen molar-refractivity contribution in [3.05, 3.63) is 29.3 Å². The summed E-state index contributed by atoms with van der Waals surface area (Å²) in [6, 6.07) is 5.54. The number of rotatable bonds is 14. The minimum atomic E-state index is -0.953. The summed E-state index contributed by atoms with van der Waals surface area (Å²) >= 11 is 0. The maximum Gasteiger partial charge on any atom is 0.222 e. The number of benzene rings is 1. The summed E-state index contributed by atoms with van der Waals surface area (Å²) in [4.78, 5) is 14.6. The highest BCUT2D eigenvalue weighted by atomic mass is 19.1. The molecule has 4 nitrogen and oxygen atoms in total. The van der Waals surface area contributed by atoms with Gasteiger partial charge < -0.3 is 15.1 Å². The van der Waals surface area contributed by atoms with Crippen molar-refractivity contribution < 1.29 is 19.4 Å². The van der Waals surface area contributed by atoms with Gasteiger partial charge >= 0.3 is 0 Å². The van der Waals surface area contributed by atoms with E-state index in [0.29, 0.717) is 24.7 Å². The van der Waals surface area contributed by atoms with Crippen molar-refractivity contribution in [1.29, 1.82) is 0 Å². The third-order valence-electron chi connectivity index (χ3n) is 10.7. The number of nitrogens with zero attached hydrogens (tertiary/aromatic N) is 1. The van der Waals surface area contributed by atoms with Gasteiger partial charge in [0.25, 0.3) is 0 Å². The molecule has 0 radical (unpaired) electrons. The summed E-state index contributed by atoms with van der Waals surface area (Å²) in [6.45, 7) is 8.05. The van der Waals surface area contributed by atoms with Gasteiger partial charge in [-0.05, 0) is 91.4 Å². The molecule has 2 fully saturated rings. The van der Waals surface area contributed by atoms with Crippen molar-refractivity contribution in [2.45, 2.75) is 135 Å². The Kier molecular flexibility index (Phi) is 10.8. The zero-order valence-corrected chi connectivity index (χ0v) is 24.8.